The number of ether oxygens (including phenoxy) is 2. The van der Waals surface area contributed by atoms with E-state index in [2.05, 4.69) is 25.7 Å². The van der Waals surface area contributed by atoms with Gasteiger partial charge in [0.25, 0.3) is 0 Å². The molecule has 8 heteroatoms. The minimum Gasteiger partial charge on any atom is -0.433 e. The summed E-state index contributed by atoms with van der Waals surface area (Å²) < 4.78 is 46.6. The van der Waals surface area contributed by atoms with E-state index in [9.17, 15) is 13.2 Å². The lowest BCUT2D eigenvalue weighted by Gasteiger charge is -2.13. The molecule has 20 heavy (non-hydrogen) atoms. The maximum atomic E-state index is 12.3. The molecule has 0 atom stereocenters. The van der Waals surface area contributed by atoms with Gasteiger partial charge < -0.3 is 15.2 Å². The Morgan fingerprint density at radius 3 is 2.40 bits per heavy atom. The van der Waals surface area contributed by atoms with E-state index >= 15 is 0 Å². The zero-order chi connectivity index (χ0) is 14.8. The van der Waals surface area contributed by atoms with Gasteiger partial charge in [-0.25, -0.2) is 4.98 Å². The second-order valence-electron chi connectivity index (χ2n) is 3.64. The standard InChI is InChI=1S/C12H8BrF3N2O2/c13-7-5-8(17)11(18-6-7)19-9-3-1-2-4-10(9)20-12(14,15)16/h1-6H,17H2. The molecule has 2 aromatic rings. The highest BCUT2D eigenvalue weighted by Crippen LogP contribution is 2.36. The fraction of sp³-hybridized carbons (Fsp3) is 0.0833. The predicted octanol–water partition coefficient (Wildman–Crippen LogP) is 4.12. The third-order valence-electron chi connectivity index (χ3n) is 2.13. The molecule has 0 aliphatic carbocycles. The molecule has 0 fully saturated rings. The number of aromatic nitrogens is 1. The molecule has 0 bridgehead atoms. The minimum absolute atomic E-state index is 0.00794. The quantitative estimate of drug-likeness (QED) is 0.906. The Balaban J connectivity index is 2.29. The Kier molecular flexibility index (Phi) is 4.03. The van der Waals surface area contributed by atoms with Crippen molar-refractivity contribution in [2.45, 2.75) is 6.36 Å². The topological polar surface area (TPSA) is 57.4 Å². The van der Waals surface area contributed by atoms with E-state index in [1.165, 1.54) is 30.5 Å². The number of hydrogen-bond acceptors (Lipinski definition) is 4. The van der Waals surface area contributed by atoms with Crippen LogP contribution in [0.5, 0.6) is 17.4 Å². The van der Waals surface area contributed by atoms with E-state index in [0.717, 1.165) is 6.07 Å². The average molecular weight is 349 g/mol. The summed E-state index contributed by atoms with van der Waals surface area (Å²) in [6, 6.07) is 6.89. The molecular formula is C12H8BrF3N2O2. The highest BCUT2D eigenvalue weighted by molar-refractivity contribution is 9.10. The average Bonchev–Trinajstić information content (AvgIpc) is 2.33. The van der Waals surface area contributed by atoms with Gasteiger partial charge in [0.15, 0.2) is 11.5 Å². The molecule has 1 heterocycles. The second kappa shape index (κ2) is 5.58. The van der Waals surface area contributed by atoms with Crippen molar-refractivity contribution >= 4 is 21.6 Å². The number of nitrogens with two attached hydrogens (primary N) is 1. The highest BCUT2D eigenvalue weighted by Gasteiger charge is 2.32. The molecule has 0 aliphatic heterocycles. The smallest absolute Gasteiger partial charge is 0.433 e. The summed E-state index contributed by atoms with van der Waals surface area (Å²) in [5.41, 5.74) is 5.85. The molecular weight excluding hydrogens is 341 g/mol. The predicted molar refractivity (Wildman–Crippen MR) is 69.5 cm³/mol. The molecule has 1 aromatic carbocycles. The SMILES string of the molecule is Nc1cc(Br)cnc1Oc1ccccc1OC(F)(F)F. The third-order valence-corrected chi connectivity index (χ3v) is 2.56. The second-order valence-corrected chi connectivity index (χ2v) is 4.56. The summed E-state index contributed by atoms with van der Waals surface area (Å²) in [6.45, 7) is 0. The summed E-state index contributed by atoms with van der Waals surface area (Å²) in [5, 5.41) is 0. The number of nitrogen functional groups attached to an aromatic ring is 1. The molecule has 0 saturated carbocycles. The van der Waals surface area contributed by atoms with Crippen molar-refractivity contribution in [1.29, 1.82) is 0 Å². The van der Waals surface area contributed by atoms with Gasteiger partial charge in [0.1, 0.15) is 0 Å². The Bertz CT molecular complexity index is 620. The van der Waals surface area contributed by atoms with Crippen LogP contribution < -0.4 is 15.2 Å². The van der Waals surface area contributed by atoms with Gasteiger partial charge in [-0.05, 0) is 34.1 Å². The van der Waals surface area contributed by atoms with E-state index < -0.39 is 12.1 Å². The van der Waals surface area contributed by atoms with Crippen LogP contribution in [-0.2, 0) is 0 Å². The lowest BCUT2D eigenvalue weighted by Crippen LogP contribution is -2.17. The van der Waals surface area contributed by atoms with E-state index in [4.69, 9.17) is 10.5 Å². The van der Waals surface area contributed by atoms with Crippen LogP contribution in [0.2, 0.25) is 0 Å². The van der Waals surface area contributed by atoms with Crippen LogP contribution in [0.15, 0.2) is 41.0 Å². The Morgan fingerprint density at radius 2 is 1.80 bits per heavy atom. The van der Waals surface area contributed by atoms with Gasteiger partial charge in [0.2, 0.25) is 5.88 Å². The molecule has 0 spiro atoms. The van der Waals surface area contributed by atoms with Gasteiger partial charge in [-0.2, -0.15) is 0 Å². The van der Waals surface area contributed by atoms with Crippen molar-refractivity contribution < 1.29 is 22.6 Å². The Hall–Kier alpha value is -1.96. The number of nitrogens with zero attached hydrogens (tertiary/aromatic N) is 1. The molecule has 106 valence electrons. The molecule has 4 nitrogen and oxygen atoms in total. The van der Waals surface area contributed by atoms with Gasteiger partial charge >= 0.3 is 6.36 Å². The van der Waals surface area contributed by atoms with Crippen molar-refractivity contribution in [3.8, 4) is 17.4 Å². The first-order valence-corrected chi connectivity index (χ1v) is 6.08. The maximum Gasteiger partial charge on any atom is 0.573 e. The fourth-order valence-corrected chi connectivity index (χ4v) is 1.72. The number of anilines is 1. The lowest BCUT2D eigenvalue weighted by atomic mass is 10.3. The minimum atomic E-state index is -4.81. The number of alkyl halides is 3. The first-order valence-electron chi connectivity index (χ1n) is 5.29. The van der Waals surface area contributed by atoms with E-state index in [1.807, 2.05) is 0 Å². The highest BCUT2D eigenvalue weighted by atomic mass is 79.9. The first-order chi connectivity index (χ1) is 9.35. The molecule has 0 radical (unpaired) electrons. The van der Waals surface area contributed by atoms with Crippen LogP contribution in [0.25, 0.3) is 0 Å². The van der Waals surface area contributed by atoms with Crippen molar-refractivity contribution in [3.05, 3.63) is 41.0 Å². The summed E-state index contributed by atoms with van der Waals surface area (Å²) in [5.74, 6) is -0.609. The summed E-state index contributed by atoms with van der Waals surface area (Å²) >= 11 is 3.16. The maximum absolute atomic E-state index is 12.3. The molecule has 2 rings (SSSR count). The normalized spacial score (nSPS) is 11.2. The van der Waals surface area contributed by atoms with Crippen LogP contribution in [0.1, 0.15) is 0 Å². The largest absolute Gasteiger partial charge is 0.573 e. The van der Waals surface area contributed by atoms with E-state index in [-0.39, 0.29) is 17.3 Å². The van der Waals surface area contributed by atoms with Crippen molar-refractivity contribution in [1.82, 2.24) is 4.98 Å². The van der Waals surface area contributed by atoms with Crippen LogP contribution in [0, 0.1) is 0 Å². The number of benzene rings is 1. The third kappa shape index (κ3) is 3.77. The van der Waals surface area contributed by atoms with Gasteiger partial charge in [0.05, 0.1) is 5.69 Å². The Morgan fingerprint density at radius 1 is 1.15 bits per heavy atom. The molecule has 0 saturated heterocycles. The fourth-order valence-electron chi connectivity index (χ4n) is 1.38. The number of pyridine rings is 1. The zero-order valence-electron chi connectivity index (χ0n) is 9.82. The van der Waals surface area contributed by atoms with Gasteiger partial charge in [-0.1, -0.05) is 12.1 Å². The molecule has 2 N–H and O–H groups in total. The van der Waals surface area contributed by atoms with E-state index in [1.54, 1.807) is 0 Å². The van der Waals surface area contributed by atoms with Gasteiger partial charge in [-0.15, -0.1) is 13.2 Å². The zero-order valence-corrected chi connectivity index (χ0v) is 11.4. The first kappa shape index (κ1) is 14.4. The van der Waals surface area contributed by atoms with Crippen molar-refractivity contribution in [2.75, 3.05) is 5.73 Å². The number of para-hydroxylation sites is 2. The molecule has 0 amide bonds. The monoisotopic (exact) mass is 348 g/mol. The summed E-state index contributed by atoms with van der Waals surface area (Å²) in [7, 11) is 0. The van der Waals surface area contributed by atoms with E-state index in [0.29, 0.717) is 4.47 Å². The van der Waals surface area contributed by atoms with Gasteiger partial charge in [0, 0.05) is 10.7 Å². The number of rotatable bonds is 3. The molecule has 1 aromatic heterocycles. The number of hydrogen-bond donors (Lipinski definition) is 1. The van der Waals surface area contributed by atoms with Crippen LogP contribution in [0.4, 0.5) is 18.9 Å². The number of halogens is 4. The molecule has 0 aliphatic rings. The van der Waals surface area contributed by atoms with Crippen LogP contribution >= 0.6 is 15.9 Å². The summed E-state index contributed by atoms with van der Waals surface area (Å²) in [6.07, 6.45) is -3.39. The Labute approximate surface area is 120 Å². The van der Waals surface area contributed by atoms with Crippen molar-refractivity contribution in [2.24, 2.45) is 0 Å². The van der Waals surface area contributed by atoms with Crippen molar-refractivity contribution in [3.63, 3.8) is 0 Å². The van der Waals surface area contributed by atoms with Crippen LogP contribution in [0.3, 0.4) is 0 Å². The van der Waals surface area contributed by atoms with Crippen LogP contribution in [-0.4, -0.2) is 11.3 Å². The lowest BCUT2D eigenvalue weighted by molar-refractivity contribution is -0.275. The van der Waals surface area contributed by atoms with Gasteiger partial charge in [-0.3, -0.25) is 0 Å². The molecule has 0 unspecified atom stereocenters. The summed E-state index contributed by atoms with van der Waals surface area (Å²) in [4.78, 5) is 3.88.